The fourth-order valence-corrected chi connectivity index (χ4v) is 2.12. The van der Waals surface area contributed by atoms with Crippen molar-refractivity contribution < 1.29 is 0 Å². The maximum atomic E-state index is 11.9. The van der Waals surface area contributed by atoms with Gasteiger partial charge in [-0.25, -0.2) is 4.98 Å². The van der Waals surface area contributed by atoms with Crippen LogP contribution >= 0.6 is 15.9 Å². The molecule has 5 heteroatoms. The molecule has 0 spiro atoms. The lowest BCUT2D eigenvalue weighted by Gasteiger charge is -2.10. The predicted molar refractivity (Wildman–Crippen MR) is 75.5 cm³/mol. The van der Waals surface area contributed by atoms with E-state index in [0.29, 0.717) is 23.3 Å². The molecule has 18 heavy (non-hydrogen) atoms. The Balaban J connectivity index is 2.24. The zero-order chi connectivity index (χ0) is 13.1. The summed E-state index contributed by atoms with van der Waals surface area (Å²) in [5, 5.41) is 0. The van der Waals surface area contributed by atoms with Crippen LogP contribution in [0.3, 0.4) is 0 Å². The van der Waals surface area contributed by atoms with Crippen LogP contribution in [0.5, 0.6) is 0 Å². The van der Waals surface area contributed by atoms with E-state index in [9.17, 15) is 4.79 Å². The van der Waals surface area contributed by atoms with Crippen LogP contribution in [0.1, 0.15) is 11.4 Å². The molecule has 94 valence electrons. The third kappa shape index (κ3) is 2.61. The second-order valence-corrected chi connectivity index (χ2v) is 4.91. The van der Waals surface area contributed by atoms with Crippen LogP contribution in [-0.4, -0.2) is 9.55 Å². The molecule has 2 rings (SSSR count). The molecule has 0 radical (unpaired) electrons. The minimum atomic E-state index is -0.0583. The van der Waals surface area contributed by atoms with E-state index in [1.165, 1.54) is 6.20 Å². The maximum absolute atomic E-state index is 11.9. The Morgan fingerprint density at radius 1 is 1.39 bits per heavy atom. The number of rotatable bonds is 3. The van der Waals surface area contributed by atoms with E-state index in [4.69, 9.17) is 5.73 Å². The van der Waals surface area contributed by atoms with Gasteiger partial charge in [0.05, 0.1) is 0 Å². The van der Waals surface area contributed by atoms with Gasteiger partial charge in [-0.1, -0.05) is 18.2 Å². The third-order valence-corrected chi connectivity index (χ3v) is 3.41. The number of hydrogen-bond donors (Lipinski definition) is 1. The summed E-state index contributed by atoms with van der Waals surface area (Å²) in [6.45, 7) is 2.40. The first-order valence-electron chi connectivity index (χ1n) is 5.65. The molecular weight excluding hydrogens is 294 g/mol. The van der Waals surface area contributed by atoms with Crippen molar-refractivity contribution in [1.82, 2.24) is 9.55 Å². The van der Waals surface area contributed by atoms with Crippen molar-refractivity contribution in [2.45, 2.75) is 19.9 Å². The summed E-state index contributed by atoms with van der Waals surface area (Å²) in [4.78, 5) is 16.1. The Hall–Kier alpha value is -1.62. The van der Waals surface area contributed by atoms with E-state index in [1.54, 1.807) is 4.57 Å². The first kappa shape index (κ1) is 12.8. The summed E-state index contributed by atoms with van der Waals surface area (Å²) in [7, 11) is 0. The largest absolute Gasteiger partial charge is 0.399 e. The van der Waals surface area contributed by atoms with Crippen molar-refractivity contribution in [2.24, 2.45) is 0 Å². The standard InChI is InChI=1S/C13H14BrN3O/c1-9-16-8-11(14)13(18)17(9)7-6-10-4-2-3-5-12(10)15/h2-5,8H,6-7,15H2,1H3. The topological polar surface area (TPSA) is 60.9 Å². The molecule has 0 amide bonds. The highest BCUT2D eigenvalue weighted by Gasteiger charge is 2.06. The van der Waals surface area contributed by atoms with Gasteiger partial charge in [0, 0.05) is 18.4 Å². The molecular formula is C13H14BrN3O. The van der Waals surface area contributed by atoms with Gasteiger partial charge in [-0.15, -0.1) is 0 Å². The molecule has 1 aromatic heterocycles. The Labute approximate surface area is 114 Å². The number of halogens is 1. The molecule has 2 aromatic rings. The van der Waals surface area contributed by atoms with Crippen molar-refractivity contribution in [2.75, 3.05) is 5.73 Å². The van der Waals surface area contributed by atoms with Gasteiger partial charge in [0.15, 0.2) is 0 Å². The monoisotopic (exact) mass is 307 g/mol. The van der Waals surface area contributed by atoms with Gasteiger partial charge in [0.1, 0.15) is 10.3 Å². The van der Waals surface area contributed by atoms with E-state index >= 15 is 0 Å². The summed E-state index contributed by atoms with van der Waals surface area (Å²) in [5.74, 6) is 0.706. The van der Waals surface area contributed by atoms with Crippen molar-refractivity contribution in [3.05, 3.63) is 56.7 Å². The van der Waals surface area contributed by atoms with Gasteiger partial charge in [0.25, 0.3) is 5.56 Å². The number of aryl methyl sites for hydroxylation is 2. The fraction of sp³-hybridized carbons (Fsp3) is 0.231. The molecule has 1 heterocycles. The minimum Gasteiger partial charge on any atom is -0.399 e. The van der Waals surface area contributed by atoms with Crippen LogP contribution in [-0.2, 0) is 13.0 Å². The zero-order valence-corrected chi connectivity index (χ0v) is 11.6. The number of anilines is 1. The van der Waals surface area contributed by atoms with Crippen LogP contribution in [0.4, 0.5) is 5.69 Å². The number of para-hydroxylation sites is 1. The highest BCUT2D eigenvalue weighted by Crippen LogP contribution is 2.12. The average Bonchev–Trinajstić information content (AvgIpc) is 2.36. The normalized spacial score (nSPS) is 10.6. The molecule has 0 aliphatic rings. The number of hydrogen-bond acceptors (Lipinski definition) is 3. The Kier molecular flexibility index (Phi) is 3.81. The molecule has 2 N–H and O–H groups in total. The average molecular weight is 308 g/mol. The van der Waals surface area contributed by atoms with Crippen molar-refractivity contribution in [1.29, 1.82) is 0 Å². The number of nitrogens with zero attached hydrogens (tertiary/aromatic N) is 2. The first-order valence-corrected chi connectivity index (χ1v) is 6.44. The highest BCUT2D eigenvalue weighted by molar-refractivity contribution is 9.10. The van der Waals surface area contributed by atoms with Crippen molar-refractivity contribution in [3.8, 4) is 0 Å². The van der Waals surface area contributed by atoms with Crippen LogP contribution < -0.4 is 11.3 Å². The molecule has 4 nitrogen and oxygen atoms in total. The summed E-state index contributed by atoms with van der Waals surface area (Å²) in [6, 6.07) is 7.68. The Bertz CT molecular complexity index is 622. The quantitative estimate of drug-likeness (QED) is 0.884. The van der Waals surface area contributed by atoms with Crippen LogP contribution in [0.15, 0.2) is 39.7 Å². The van der Waals surface area contributed by atoms with Gasteiger partial charge < -0.3 is 5.73 Å². The van der Waals surface area contributed by atoms with Crippen LogP contribution in [0.2, 0.25) is 0 Å². The molecule has 0 unspecified atom stereocenters. The van der Waals surface area contributed by atoms with Gasteiger partial charge in [-0.3, -0.25) is 9.36 Å². The van der Waals surface area contributed by atoms with E-state index in [2.05, 4.69) is 20.9 Å². The van der Waals surface area contributed by atoms with Gasteiger partial charge in [0.2, 0.25) is 0 Å². The van der Waals surface area contributed by atoms with E-state index in [1.807, 2.05) is 31.2 Å². The van der Waals surface area contributed by atoms with Crippen molar-refractivity contribution in [3.63, 3.8) is 0 Å². The Morgan fingerprint density at radius 2 is 2.11 bits per heavy atom. The fourth-order valence-electron chi connectivity index (χ4n) is 1.81. The molecule has 0 saturated heterocycles. The summed E-state index contributed by atoms with van der Waals surface area (Å²) in [6.07, 6.45) is 2.25. The lowest BCUT2D eigenvalue weighted by atomic mass is 10.1. The molecule has 0 fully saturated rings. The molecule has 0 saturated carbocycles. The lowest BCUT2D eigenvalue weighted by Crippen LogP contribution is -2.25. The second kappa shape index (κ2) is 5.35. The third-order valence-electron chi connectivity index (χ3n) is 2.86. The number of aromatic nitrogens is 2. The maximum Gasteiger partial charge on any atom is 0.267 e. The van der Waals surface area contributed by atoms with E-state index < -0.39 is 0 Å². The smallest absolute Gasteiger partial charge is 0.267 e. The van der Waals surface area contributed by atoms with Gasteiger partial charge in [-0.2, -0.15) is 0 Å². The summed E-state index contributed by atoms with van der Waals surface area (Å²) >= 11 is 3.20. The second-order valence-electron chi connectivity index (χ2n) is 4.06. The van der Waals surface area contributed by atoms with Gasteiger partial charge >= 0.3 is 0 Å². The van der Waals surface area contributed by atoms with Crippen LogP contribution in [0, 0.1) is 6.92 Å². The summed E-state index contributed by atoms with van der Waals surface area (Å²) in [5.41, 5.74) is 7.62. The Morgan fingerprint density at radius 3 is 2.83 bits per heavy atom. The van der Waals surface area contributed by atoms with Crippen LogP contribution in [0.25, 0.3) is 0 Å². The molecule has 0 atom stereocenters. The first-order chi connectivity index (χ1) is 8.59. The number of nitrogens with two attached hydrogens (primary N) is 1. The SMILES string of the molecule is Cc1ncc(Br)c(=O)n1CCc1ccccc1N. The molecule has 0 aliphatic carbocycles. The van der Waals surface area contributed by atoms with E-state index in [0.717, 1.165) is 11.3 Å². The number of benzene rings is 1. The molecule has 1 aromatic carbocycles. The zero-order valence-electron chi connectivity index (χ0n) is 10.1. The highest BCUT2D eigenvalue weighted by atomic mass is 79.9. The molecule has 0 bridgehead atoms. The van der Waals surface area contributed by atoms with Crippen molar-refractivity contribution >= 4 is 21.6 Å². The molecule has 0 aliphatic heterocycles. The van der Waals surface area contributed by atoms with Gasteiger partial charge in [-0.05, 0) is 40.9 Å². The minimum absolute atomic E-state index is 0.0583. The predicted octanol–water partition coefficient (Wildman–Crippen LogP) is 2.14. The number of nitrogen functional groups attached to an aromatic ring is 1. The van der Waals surface area contributed by atoms with E-state index in [-0.39, 0.29) is 5.56 Å². The summed E-state index contributed by atoms with van der Waals surface area (Å²) < 4.78 is 2.13. The lowest BCUT2D eigenvalue weighted by molar-refractivity contribution is 0.627.